The molecule has 0 fully saturated rings. The van der Waals surface area contributed by atoms with Gasteiger partial charge < -0.3 is 10.2 Å². The Morgan fingerprint density at radius 3 is 1.90 bits per heavy atom. The SMILES string of the molecule is O=C(CSCCS(=O)CSCSC(=O)CSCCS(=O)CCCO)SCCCO. The second-order valence-corrected chi connectivity index (χ2v) is 14.8. The minimum Gasteiger partial charge on any atom is -0.396 e. The highest BCUT2D eigenvalue weighted by Gasteiger charge is 2.07. The van der Waals surface area contributed by atoms with Gasteiger partial charge in [0, 0.05) is 74.4 Å². The number of aliphatic hydroxyl groups is 2. The molecule has 0 aromatic rings. The number of hydrogen-bond donors (Lipinski definition) is 2. The number of aliphatic hydroxyl groups excluding tert-OH is 2. The van der Waals surface area contributed by atoms with Crippen LogP contribution >= 0.6 is 58.8 Å². The standard InChI is InChI=1S/C16H30O6S7/c17-3-1-5-26-15(19)11-24-7-10-29(22)14-25-13-27-16(20)12-23-6-9-28(21)8-2-4-18/h17-18H,1-14H2. The maximum Gasteiger partial charge on any atom is 0.199 e. The first-order valence-electron chi connectivity index (χ1n) is 8.95. The van der Waals surface area contributed by atoms with Crippen LogP contribution in [0.2, 0.25) is 0 Å². The van der Waals surface area contributed by atoms with E-state index in [1.165, 1.54) is 58.8 Å². The summed E-state index contributed by atoms with van der Waals surface area (Å²) in [4.78, 5) is 23.3. The lowest BCUT2D eigenvalue weighted by atomic mass is 10.5. The molecule has 0 aromatic heterocycles. The maximum absolute atomic E-state index is 11.9. The molecule has 2 unspecified atom stereocenters. The quantitative estimate of drug-likeness (QED) is 0.174. The van der Waals surface area contributed by atoms with E-state index in [4.69, 9.17) is 10.2 Å². The Hall–Kier alpha value is 1.31. The zero-order valence-electron chi connectivity index (χ0n) is 16.3. The molecule has 0 bridgehead atoms. The highest BCUT2D eigenvalue weighted by molar-refractivity contribution is 8.26. The van der Waals surface area contributed by atoms with E-state index in [2.05, 4.69) is 0 Å². The fraction of sp³-hybridized carbons (Fsp3) is 0.875. The Bertz CT molecular complexity index is 492. The van der Waals surface area contributed by atoms with E-state index in [9.17, 15) is 18.0 Å². The molecule has 0 spiro atoms. The van der Waals surface area contributed by atoms with E-state index in [0.717, 1.165) is 0 Å². The highest BCUT2D eigenvalue weighted by atomic mass is 32.2. The fourth-order valence-corrected chi connectivity index (χ4v) is 9.90. The van der Waals surface area contributed by atoms with Crippen molar-refractivity contribution in [1.82, 2.24) is 0 Å². The molecule has 0 aliphatic rings. The molecule has 0 saturated carbocycles. The smallest absolute Gasteiger partial charge is 0.199 e. The highest BCUT2D eigenvalue weighted by Crippen LogP contribution is 2.17. The summed E-state index contributed by atoms with van der Waals surface area (Å²) in [5.41, 5.74) is 0. The van der Waals surface area contributed by atoms with Gasteiger partial charge in [-0.2, -0.15) is 23.5 Å². The van der Waals surface area contributed by atoms with Gasteiger partial charge in [0.2, 0.25) is 0 Å². The average Bonchev–Trinajstić information content (AvgIpc) is 2.70. The van der Waals surface area contributed by atoms with Crippen molar-refractivity contribution in [3.05, 3.63) is 0 Å². The predicted molar refractivity (Wildman–Crippen MR) is 136 cm³/mol. The Morgan fingerprint density at radius 2 is 1.28 bits per heavy atom. The molecule has 13 heteroatoms. The van der Waals surface area contributed by atoms with E-state index >= 15 is 0 Å². The lowest BCUT2D eigenvalue weighted by Crippen LogP contribution is -2.07. The van der Waals surface area contributed by atoms with Gasteiger partial charge in [0.05, 0.1) is 16.6 Å². The van der Waals surface area contributed by atoms with Crippen molar-refractivity contribution in [3.8, 4) is 0 Å². The lowest BCUT2D eigenvalue weighted by molar-refractivity contribution is -0.109. The monoisotopic (exact) mass is 542 g/mol. The molecule has 6 nitrogen and oxygen atoms in total. The molecule has 0 amide bonds. The van der Waals surface area contributed by atoms with Gasteiger partial charge in [-0.15, -0.1) is 11.8 Å². The van der Waals surface area contributed by atoms with Crippen LogP contribution < -0.4 is 0 Å². The largest absolute Gasteiger partial charge is 0.396 e. The molecule has 0 rings (SSSR count). The first-order valence-corrected chi connectivity index (χ1v) is 17.4. The summed E-state index contributed by atoms with van der Waals surface area (Å²) in [6, 6.07) is 0. The van der Waals surface area contributed by atoms with Gasteiger partial charge in [0.25, 0.3) is 0 Å². The van der Waals surface area contributed by atoms with Crippen molar-refractivity contribution in [1.29, 1.82) is 0 Å². The Balaban J connectivity index is 3.50. The van der Waals surface area contributed by atoms with Gasteiger partial charge in [-0.05, 0) is 12.8 Å². The number of hydrogen-bond acceptors (Lipinski definition) is 11. The van der Waals surface area contributed by atoms with Crippen molar-refractivity contribution in [2.75, 3.05) is 69.4 Å². The van der Waals surface area contributed by atoms with Crippen molar-refractivity contribution in [2.45, 2.75) is 12.8 Å². The number of thioether (sulfide) groups is 5. The Kier molecular flexibility index (Phi) is 23.5. The summed E-state index contributed by atoms with van der Waals surface area (Å²) in [7, 11) is -1.88. The molecule has 0 radical (unpaired) electrons. The molecular formula is C16H30O6S7. The topological polar surface area (TPSA) is 109 Å². The molecular weight excluding hydrogens is 513 g/mol. The van der Waals surface area contributed by atoms with Crippen LogP contribution in [0.4, 0.5) is 0 Å². The lowest BCUT2D eigenvalue weighted by Gasteiger charge is -2.04. The molecule has 2 atom stereocenters. The molecule has 29 heavy (non-hydrogen) atoms. The normalized spacial score (nSPS) is 13.3. The van der Waals surface area contributed by atoms with Gasteiger partial charge in [-0.25, -0.2) is 0 Å². The second kappa shape index (κ2) is 22.5. The summed E-state index contributed by atoms with van der Waals surface area (Å²) in [5.74, 6) is 4.34. The van der Waals surface area contributed by atoms with Gasteiger partial charge in [0.1, 0.15) is 0 Å². The zero-order chi connectivity index (χ0) is 21.7. The van der Waals surface area contributed by atoms with E-state index in [-0.39, 0.29) is 23.4 Å². The third-order valence-electron chi connectivity index (χ3n) is 2.96. The molecule has 0 saturated heterocycles. The van der Waals surface area contributed by atoms with E-state index in [1.807, 2.05) is 0 Å². The minimum absolute atomic E-state index is 0.0558. The Labute approximate surface area is 199 Å². The first kappa shape index (κ1) is 30.3. The third kappa shape index (κ3) is 22.3. The number of rotatable bonds is 20. The number of carbonyl (C=O) groups is 2. The fourth-order valence-electron chi connectivity index (χ4n) is 1.57. The zero-order valence-corrected chi connectivity index (χ0v) is 22.0. The van der Waals surface area contributed by atoms with E-state index in [1.54, 1.807) is 0 Å². The van der Waals surface area contributed by atoms with E-state index in [0.29, 0.717) is 69.0 Å². The summed E-state index contributed by atoms with van der Waals surface area (Å²) in [6.45, 7) is 0.154. The third-order valence-corrected chi connectivity index (χ3v) is 12.1. The van der Waals surface area contributed by atoms with Crippen LogP contribution in [0.15, 0.2) is 0 Å². The summed E-state index contributed by atoms with van der Waals surface area (Å²) >= 11 is 6.88. The summed E-state index contributed by atoms with van der Waals surface area (Å²) in [6.07, 6.45) is 1.17. The summed E-state index contributed by atoms with van der Waals surface area (Å²) in [5, 5.41) is 18.6. The van der Waals surface area contributed by atoms with E-state index < -0.39 is 21.6 Å². The van der Waals surface area contributed by atoms with Crippen LogP contribution in [-0.2, 0) is 31.2 Å². The second-order valence-electron chi connectivity index (χ2n) is 5.43. The van der Waals surface area contributed by atoms with Gasteiger partial charge in [-0.1, -0.05) is 23.5 Å². The van der Waals surface area contributed by atoms with Crippen LogP contribution in [0.1, 0.15) is 12.8 Å². The van der Waals surface area contributed by atoms with Crippen LogP contribution in [0.25, 0.3) is 0 Å². The average molecular weight is 543 g/mol. The maximum atomic E-state index is 11.9. The first-order chi connectivity index (χ1) is 14.0. The molecule has 2 N–H and O–H groups in total. The molecule has 0 heterocycles. The van der Waals surface area contributed by atoms with Crippen LogP contribution in [0, 0.1) is 0 Å². The van der Waals surface area contributed by atoms with Crippen molar-refractivity contribution >= 4 is 90.6 Å². The van der Waals surface area contributed by atoms with Crippen LogP contribution in [-0.4, -0.2) is 98.3 Å². The van der Waals surface area contributed by atoms with Gasteiger partial charge >= 0.3 is 0 Å². The molecule has 0 aliphatic carbocycles. The van der Waals surface area contributed by atoms with Crippen LogP contribution in [0.3, 0.4) is 0 Å². The van der Waals surface area contributed by atoms with Crippen LogP contribution in [0.5, 0.6) is 0 Å². The number of carbonyl (C=O) groups excluding carboxylic acids is 2. The molecule has 172 valence electrons. The van der Waals surface area contributed by atoms with Crippen molar-refractivity contribution in [3.63, 3.8) is 0 Å². The Morgan fingerprint density at radius 1 is 0.690 bits per heavy atom. The summed E-state index contributed by atoms with van der Waals surface area (Å²) < 4.78 is 23.4. The molecule has 0 aromatic carbocycles. The molecule has 0 aliphatic heterocycles. The predicted octanol–water partition coefficient (Wildman–Crippen LogP) is 1.88. The van der Waals surface area contributed by atoms with Gasteiger partial charge in [-0.3, -0.25) is 18.0 Å². The minimum atomic E-state index is -0.962. The van der Waals surface area contributed by atoms with Crippen molar-refractivity contribution in [2.24, 2.45) is 0 Å². The van der Waals surface area contributed by atoms with Crippen molar-refractivity contribution < 1.29 is 28.2 Å². The van der Waals surface area contributed by atoms with Gasteiger partial charge in [0.15, 0.2) is 10.2 Å².